The van der Waals surface area contributed by atoms with Gasteiger partial charge in [0.25, 0.3) is 0 Å². The summed E-state index contributed by atoms with van der Waals surface area (Å²) in [6, 6.07) is 2.44. The molecule has 0 radical (unpaired) electrons. The molecule has 0 atom stereocenters. The third kappa shape index (κ3) is 2.95. The Bertz CT molecular complexity index is 455. The number of esters is 2. The zero-order chi connectivity index (χ0) is 15.2. The number of carbonyl (C=O) groups is 2. The number of carbonyl (C=O) groups excluding carboxylic acids is 2. The van der Waals surface area contributed by atoms with Gasteiger partial charge in [-0.1, -0.05) is 6.92 Å². The maximum atomic E-state index is 13.0. The molecule has 0 aliphatic carbocycles. The molecule has 1 rings (SSSR count). The fraction of sp³-hybridized carbons (Fsp3) is 0.500. The minimum Gasteiger partial charge on any atom is -0.465 e. The number of pyridine rings is 1. The van der Waals surface area contributed by atoms with E-state index in [4.69, 9.17) is 9.47 Å². The Morgan fingerprint density at radius 1 is 1.15 bits per heavy atom. The number of rotatable bonds is 6. The molecule has 0 saturated carbocycles. The topological polar surface area (TPSA) is 65.5 Å². The third-order valence-corrected chi connectivity index (χ3v) is 2.94. The highest BCUT2D eigenvalue weighted by atomic mass is 19.1. The van der Waals surface area contributed by atoms with E-state index in [1.807, 2.05) is 0 Å². The van der Waals surface area contributed by atoms with Crippen LogP contribution in [0.15, 0.2) is 18.3 Å². The molecule has 0 aliphatic heterocycles. The first kappa shape index (κ1) is 16.1. The highest BCUT2D eigenvalue weighted by Gasteiger charge is 2.50. The Labute approximate surface area is 117 Å². The van der Waals surface area contributed by atoms with Crippen molar-refractivity contribution < 1.29 is 23.5 Å². The highest BCUT2D eigenvalue weighted by molar-refractivity contribution is 6.05. The van der Waals surface area contributed by atoms with Crippen molar-refractivity contribution >= 4 is 11.9 Å². The molecule has 0 N–H and O–H groups in total. The average Bonchev–Trinajstić information content (AvgIpc) is 2.43. The van der Waals surface area contributed by atoms with Gasteiger partial charge in [0.15, 0.2) is 0 Å². The number of hydrogen-bond acceptors (Lipinski definition) is 5. The number of halogens is 1. The maximum absolute atomic E-state index is 13.0. The van der Waals surface area contributed by atoms with Crippen LogP contribution in [0.2, 0.25) is 0 Å². The van der Waals surface area contributed by atoms with Crippen LogP contribution in [0.4, 0.5) is 4.39 Å². The van der Waals surface area contributed by atoms with Crippen LogP contribution in [0.5, 0.6) is 0 Å². The van der Waals surface area contributed by atoms with Gasteiger partial charge in [0, 0.05) is 0 Å². The second-order valence-corrected chi connectivity index (χ2v) is 4.06. The molecule has 5 nitrogen and oxygen atoms in total. The zero-order valence-corrected chi connectivity index (χ0v) is 11.8. The van der Waals surface area contributed by atoms with E-state index in [0.29, 0.717) is 0 Å². The Balaban J connectivity index is 3.33. The zero-order valence-electron chi connectivity index (χ0n) is 11.8. The average molecular weight is 283 g/mol. The number of ether oxygens (including phenoxy) is 2. The minimum atomic E-state index is -1.65. The lowest BCUT2D eigenvalue weighted by Gasteiger charge is -2.27. The molecular formula is C14H18FNO4. The van der Waals surface area contributed by atoms with Crippen LogP contribution in [0.25, 0.3) is 0 Å². The predicted octanol–water partition coefficient (Wildman–Crippen LogP) is 1.99. The molecule has 1 aromatic heterocycles. The molecule has 1 heterocycles. The van der Waals surface area contributed by atoms with Gasteiger partial charge in [-0.25, -0.2) is 4.39 Å². The Kier molecular flexibility index (Phi) is 5.61. The van der Waals surface area contributed by atoms with E-state index >= 15 is 0 Å². The molecule has 0 aromatic carbocycles. The summed E-state index contributed by atoms with van der Waals surface area (Å²) in [7, 11) is 0. The lowest BCUT2D eigenvalue weighted by Crippen LogP contribution is -2.46. The molecule has 6 heteroatoms. The van der Waals surface area contributed by atoms with Gasteiger partial charge in [0.2, 0.25) is 5.41 Å². The Morgan fingerprint density at radius 2 is 1.70 bits per heavy atom. The number of aromatic nitrogens is 1. The molecule has 0 fully saturated rings. The maximum Gasteiger partial charge on any atom is 0.329 e. The third-order valence-electron chi connectivity index (χ3n) is 2.94. The highest BCUT2D eigenvalue weighted by Crippen LogP contribution is 2.30. The van der Waals surface area contributed by atoms with Crippen LogP contribution in [-0.4, -0.2) is 30.1 Å². The van der Waals surface area contributed by atoms with Gasteiger partial charge in [-0.05, 0) is 32.4 Å². The number of nitrogens with zero attached hydrogens (tertiary/aromatic N) is 1. The standard InChI is InChI=1S/C14H18FNO4/c1-4-14(12(17)19-5-2,13(18)20-6-3)11-8-7-10(15)9-16-11/h7-9H,4-6H2,1-3H3. The van der Waals surface area contributed by atoms with Gasteiger partial charge < -0.3 is 9.47 Å². The summed E-state index contributed by atoms with van der Waals surface area (Å²) >= 11 is 0. The summed E-state index contributed by atoms with van der Waals surface area (Å²) in [6.07, 6.45) is 1.07. The van der Waals surface area contributed by atoms with Gasteiger partial charge in [-0.2, -0.15) is 0 Å². The quantitative estimate of drug-likeness (QED) is 0.590. The van der Waals surface area contributed by atoms with Crippen molar-refractivity contribution in [2.45, 2.75) is 32.6 Å². The summed E-state index contributed by atoms with van der Waals surface area (Å²) in [6.45, 7) is 5.18. The van der Waals surface area contributed by atoms with Crippen LogP contribution < -0.4 is 0 Å². The molecule has 0 spiro atoms. The van der Waals surface area contributed by atoms with Gasteiger partial charge in [-0.3, -0.25) is 14.6 Å². The monoisotopic (exact) mass is 283 g/mol. The molecule has 0 amide bonds. The van der Waals surface area contributed by atoms with E-state index in [0.717, 1.165) is 12.3 Å². The molecule has 0 bridgehead atoms. The van der Waals surface area contributed by atoms with Gasteiger partial charge in [0.05, 0.1) is 25.1 Å². The van der Waals surface area contributed by atoms with Gasteiger partial charge >= 0.3 is 11.9 Å². The van der Waals surface area contributed by atoms with E-state index in [2.05, 4.69) is 4.98 Å². The fourth-order valence-electron chi connectivity index (χ4n) is 1.90. The van der Waals surface area contributed by atoms with E-state index in [9.17, 15) is 14.0 Å². The van der Waals surface area contributed by atoms with Gasteiger partial charge in [-0.15, -0.1) is 0 Å². The van der Waals surface area contributed by atoms with Crippen molar-refractivity contribution in [3.05, 3.63) is 29.8 Å². The molecule has 110 valence electrons. The van der Waals surface area contributed by atoms with Crippen LogP contribution in [-0.2, 0) is 24.5 Å². The van der Waals surface area contributed by atoms with Crippen molar-refractivity contribution in [2.75, 3.05) is 13.2 Å². The fourth-order valence-corrected chi connectivity index (χ4v) is 1.90. The Morgan fingerprint density at radius 3 is 2.05 bits per heavy atom. The van der Waals surface area contributed by atoms with Crippen LogP contribution in [0.1, 0.15) is 32.9 Å². The van der Waals surface area contributed by atoms with Crippen molar-refractivity contribution in [1.82, 2.24) is 4.98 Å². The minimum absolute atomic E-state index is 0.114. The molecule has 0 aliphatic rings. The summed E-state index contributed by atoms with van der Waals surface area (Å²) in [5, 5.41) is 0. The van der Waals surface area contributed by atoms with Crippen molar-refractivity contribution in [3.63, 3.8) is 0 Å². The molecular weight excluding hydrogens is 265 g/mol. The second-order valence-electron chi connectivity index (χ2n) is 4.06. The lowest BCUT2D eigenvalue weighted by atomic mass is 9.81. The molecule has 0 unspecified atom stereocenters. The normalized spacial score (nSPS) is 11.0. The predicted molar refractivity (Wildman–Crippen MR) is 69.4 cm³/mol. The Hall–Kier alpha value is -1.98. The van der Waals surface area contributed by atoms with Crippen molar-refractivity contribution in [1.29, 1.82) is 0 Å². The molecule has 1 aromatic rings. The van der Waals surface area contributed by atoms with Crippen molar-refractivity contribution in [2.24, 2.45) is 0 Å². The number of hydrogen-bond donors (Lipinski definition) is 0. The van der Waals surface area contributed by atoms with E-state index in [1.165, 1.54) is 6.07 Å². The van der Waals surface area contributed by atoms with Gasteiger partial charge in [0.1, 0.15) is 5.82 Å². The first-order valence-electron chi connectivity index (χ1n) is 6.49. The first-order valence-corrected chi connectivity index (χ1v) is 6.49. The lowest BCUT2D eigenvalue weighted by molar-refractivity contribution is -0.165. The summed E-state index contributed by atoms with van der Waals surface area (Å²) in [5.41, 5.74) is -1.53. The van der Waals surface area contributed by atoms with Crippen LogP contribution >= 0.6 is 0 Å². The largest absolute Gasteiger partial charge is 0.465 e. The molecule has 20 heavy (non-hydrogen) atoms. The smallest absolute Gasteiger partial charge is 0.329 e. The first-order chi connectivity index (χ1) is 9.52. The van der Waals surface area contributed by atoms with E-state index in [-0.39, 0.29) is 25.3 Å². The molecule has 0 saturated heterocycles. The van der Waals surface area contributed by atoms with E-state index < -0.39 is 23.2 Å². The summed E-state index contributed by atoms with van der Waals surface area (Å²) in [5.74, 6) is -2.02. The SMILES string of the molecule is CCOC(=O)C(CC)(C(=O)OCC)c1ccc(F)cn1. The van der Waals surface area contributed by atoms with Crippen molar-refractivity contribution in [3.8, 4) is 0 Å². The summed E-state index contributed by atoms with van der Waals surface area (Å²) in [4.78, 5) is 28.3. The second kappa shape index (κ2) is 6.98. The van der Waals surface area contributed by atoms with E-state index in [1.54, 1.807) is 20.8 Å². The van der Waals surface area contributed by atoms with Crippen LogP contribution in [0.3, 0.4) is 0 Å². The summed E-state index contributed by atoms with van der Waals surface area (Å²) < 4.78 is 22.9. The van der Waals surface area contributed by atoms with Crippen LogP contribution in [0, 0.1) is 5.82 Å².